The fraction of sp³-hybridized carbons (Fsp3) is 0.450. The van der Waals surface area contributed by atoms with Gasteiger partial charge in [-0.05, 0) is 58.9 Å². The number of carbonyl (C=O) groups excluding carboxylic acids is 3. The second kappa shape index (κ2) is 13.7. The highest BCUT2D eigenvalue weighted by Crippen LogP contribution is 2.45. The first-order valence-electron chi connectivity index (χ1n) is 17.4. The standard InChI is InChI=1S/C40H44N2O6/c1-3-11-28(38(46-2)37(44)20-26-18-19-26)21-36(43)35-23-40(22-34(41-48-40)27-12-5-4-6-13-27)25-42(35)39(45)47-24-33-31-16-9-7-14-29(31)30-15-8-10-17-32(30)33/h4-10,12-17,26,28,33,35,38H,3,11,18-25H2,1-2H3/t28-,35+,38?,40-/m1/s1. The van der Waals surface area contributed by atoms with Crippen molar-refractivity contribution < 1.29 is 28.7 Å². The molecule has 7 rings (SSSR count). The van der Waals surface area contributed by atoms with E-state index in [1.165, 1.54) is 0 Å². The molecule has 1 amide bonds. The molecule has 2 aliphatic heterocycles. The first-order chi connectivity index (χ1) is 23.4. The van der Waals surface area contributed by atoms with E-state index in [1.54, 1.807) is 12.0 Å². The number of rotatable bonds is 13. The lowest BCUT2D eigenvalue weighted by atomic mass is 9.84. The molecule has 0 bridgehead atoms. The molecule has 1 saturated heterocycles. The van der Waals surface area contributed by atoms with Crippen molar-refractivity contribution in [3.05, 3.63) is 95.6 Å². The lowest BCUT2D eigenvalue weighted by Crippen LogP contribution is -2.43. The van der Waals surface area contributed by atoms with E-state index in [0.29, 0.717) is 31.6 Å². The number of carbonyl (C=O) groups is 3. The third-order valence-corrected chi connectivity index (χ3v) is 10.6. The minimum Gasteiger partial charge on any atom is -0.448 e. The molecule has 1 spiro atoms. The Morgan fingerprint density at radius 1 is 0.958 bits per heavy atom. The van der Waals surface area contributed by atoms with Crippen LogP contribution in [0.4, 0.5) is 4.79 Å². The van der Waals surface area contributed by atoms with Crippen LogP contribution in [-0.4, -0.2) is 66.3 Å². The third kappa shape index (κ3) is 6.42. The molecule has 0 radical (unpaired) electrons. The highest BCUT2D eigenvalue weighted by atomic mass is 16.7. The summed E-state index contributed by atoms with van der Waals surface area (Å²) in [6.45, 7) is 2.40. The minimum atomic E-state index is -0.834. The van der Waals surface area contributed by atoms with E-state index < -0.39 is 23.8 Å². The van der Waals surface area contributed by atoms with Crippen LogP contribution in [0.1, 0.15) is 80.9 Å². The zero-order chi connectivity index (χ0) is 33.3. The van der Waals surface area contributed by atoms with E-state index in [9.17, 15) is 14.4 Å². The van der Waals surface area contributed by atoms with Gasteiger partial charge < -0.3 is 14.3 Å². The molecule has 3 aromatic rings. The molecule has 0 aromatic heterocycles. The number of amides is 1. The number of likely N-dealkylation sites (tertiary alicyclic amines) is 1. The van der Waals surface area contributed by atoms with Crippen LogP contribution in [0, 0.1) is 11.8 Å². The van der Waals surface area contributed by atoms with Crippen LogP contribution in [-0.2, 0) is 23.9 Å². The lowest BCUT2D eigenvalue weighted by Gasteiger charge is -2.28. The number of hydrogen-bond acceptors (Lipinski definition) is 7. The molecule has 8 heteroatoms. The van der Waals surface area contributed by atoms with Gasteiger partial charge in [0.2, 0.25) is 0 Å². The fourth-order valence-corrected chi connectivity index (χ4v) is 8.04. The van der Waals surface area contributed by atoms with Crippen molar-refractivity contribution in [1.29, 1.82) is 0 Å². The molecule has 4 atom stereocenters. The van der Waals surface area contributed by atoms with Crippen molar-refractivity contribution in [3.8, 4) is 11.1 Å². The first kappa shape index (κ1) is 32.3. The Balaban J connectivity index is 1.11. The number of benzene rings is 3. The number of ketones is 2. The van der Waals surface area contributed by atoms with Crippen LogP contribution in [0.25, 0.3) is 11.1 Å². The largest absolute Gasteiger partial charge is 0.448 e. The van der Waals surface area contributed by atoms with Crippen molar-refractivity contribution in [3.63, 3.8) is 0 Å². The Morgan fingerprint density at radius 3 is 2.27 bits per heavy atom. The summed E-state index contributed by atoms with van der Waals surface area (Å²) in [6, 6.07) is 25.5. The van der Waals surface area contributed by atoms with E-state index in [0.717, 1.165) is 52.8 Å². The Hall–Kier alpha value is -4.30. The number of ether oxygens (including phenoxy) is 2. The fourth-order valence-electron chi connectivity index (χ4n) is 8.04. The maximum atomic E-state index is 14.3. The molecule has 8 nitrogen and oxygen atoms in total. The van der Waals surface area contributed by atoms with Gasteiger partial charge in [0.05, 0.1) is 18.3 Å². The predicted octanol–water partition coefficient (Wildman–Crippen LogP) is 7.33. The quantitative estimate of drug-likeness (QED) is 0.193. The normalized spacial score (nSPS) is 22.5. The van der Waals surface area contributed by atoms with E-state index in [4.69, 9.17) is 14.3 Å². The summed E-state index contributed by atoms with van der Waals surface area (Å²) >= 11 is 0. The number of hydrogen-bond donors (Lipinski definition) is 0. The monoisotopic (exact) mass is 648 g/mol. The third-order valence-electron chi connectivity index (χ3n) is 10.6. The van der Waals surface area contributed by atoms with Gasteiger partial charge in [-0.25, -0.2) is 4.79 Å². The maximum Gasteiger partial charge on any atom is 0.410 e. The van der Waals surface area contributed by atoms with Crippen LogP contribution in [0.3, 0.4) is 0 Å². The summed E-state index contributed by atoms with van der Waals surface area (Å²) in [7, 11) is 1.56. The average molecular weight is 649 g/mol. The highest BCUT2D eigenvalue weighted by Gasteiger charge is 2.54. The molecular weight excluding hydrogens is 604 g/mol. The Morgan fingerprint density at radius 2 is 1.62 bits per heavy atom. The molecule has 3 aromatic carbocycles. The zero-order valence-electron chi connectivity index (χ0n) is 27.8. The van der Waals surface area contributed by atoms with Crippen molar-refractivity contribution >= 4 is 23.4 Å². The highest BCUT2D eigenvalue weighted by molar-refractivity contribution is 6.02. The molecule has 4 aliphatic rings. The SMILES string of the molecule is CCC[C@H](CC(=O)[C@@H]1C[C@]2(CC(c3ccccc3)=NO2)CN1C(=O)OCC1c2ccccc2-c2ccccc21)C(OC)C(=O)CC1CC1. The molecular formula is C40H44N2O6. The second-order valence-electron chi connectivity index (χ2n) is 14.0. The van der Waals surface area contributed by atoms with Gasteiger partial charge in [-0.1, -0.05) is 97.4 Å². The summed E-state index contributed by atoms with van der Waals surface area (Å²) < 4.78 is 11.8. The van der Waals surface area contributed by atoms with Crippen molar-refractivity contribution in [2.45, 2.75) is 82.0 Å². The van der Waals surface area contributed by atoms with Gasteiger partial charge >= 0.3 is 6.09 Å². The molecule has 1 unspecified atom stereocenters. The van der Waals surface area contributed by atoms with Gasteiger partial charge in [-0.3, -0.25) is 14.5 Å². The van der Waals surface area contributed by atoms with Crippen LogP contribution >= 0.6 is 0 Å². The Kier molecular flexibility index (Phi) is 9.19. The number of Topliss-reactive ketones (excluding diaryl/α,β-unsaturated/α-hetero) is 2. The smallest absolute Gasteiger partial charge is 0.410 e. The summed E-state index contributed by atoms with van der Waals surface area (Å²) in [5.74, 6) is 0.0432. The van der Waals surface area contributed by atoms with E-state index in [2.05, 4.69) is 36.3 Å². The molecule has 0 N–H and O–H groups in total. The summed E-state index contributed by atoms with van der Waals surface area (Å²) in [5, 5.41) is 4.44. The lowest BCUT2D eigenvalue weighted by molar-refractivity contribution is -0.134. The van der Waals surface area contributed by atoms with Crippen molar-refractivity contribution in [2.75, 3.05) is 20.3 Å². The predicted molar refractivity (Wildman–Crippen MR) is 183 cm³/mol. The number of fused-ring (bicyclic) bond motifs is 3. The van der Waals surface area contributed by atoms with Gasteiger partial charge in [0.1, 0.15) is 12.7 Å². The van der Waals surface area contributed by atoms with Gasteiger partial charge in [-0.2, -0.15) is 0 Å². The molecule has 2 heterocycles. The molecule has 250 valence electrons. The minimum absolute atomic E-state index is 0.0718. The summed E-state index contributed by atoms with van der Waals surface area (Å²) in [5.41, 5.74) is 5.47. The van der Waals surface area contributed by atoms with Crippen LogP contribution in [0.2, 0.25) is 0 Å². The van der Waals surface area contributed by atoms with Gasteiger partial charge in [-0.15, -0.1) is 0 Å². The second-order valence-corrected chi connectivity index (χ2v) is 14.0. The number of methoxy groups -OCH3 is 1. The Labute approximate surface area is 282 Å². The molecule has 1 saturated carbocycles. The number of nitrogens with zero attached hydrogens (tertiary/aromatic N) is 2. The Bertz CT molecular complexity index is 1650. The van der Waals surface area contributed by atoms with E-state index in [1.807, 2.05) is 54.6 Å². The molecule has 2 fully saturated rings. The summed E-state index contributed by atoms with van der Waals surface area (Å²) in [6.07, 6.45) is 3.90. The van der Waals surface area contributed by atoms with Crippen LogP contribution in [0.5, 0.6) is 0 Å². The average Bonchev–Trinajstić information content (AvgIpc) is 3.56. The topological polar surface area (TPSA) is 94.5 Å². The zero-order valence-corrected chi connectivity index (χ0v) is 27.8. The first-order valence-corrected chi connectivity index (χ1v) is 17.4. The van der Waals surface area contributed by atoms with Crippen LogP contribution in [0.15, 0.2) is 84.0 Å². The maximum absolute atomic E-state index is 14.3. The van der Waals surface area contributed by atoms with Crippen molar-refractivity contribution in [1.82, 2.24) is 4.90 Å². The van der Waals surface area contributed by atoms with Crippen LogP contribution < -0.4 is 0 Å². The summed E-state index contributed by atoms with van der Waals surface area (Å²) in [4.78, 5) is 49.2. The van der Waals surface area contributed by atoms with Crippen molar-refractivity contribution in [2.24, 2.45) is 17.0 Å². The van der Waals surface area contributed by atoms with Gasteiger partial charge in [0.25, 0.3) is 0 Å². The van der Waals surface area contributed by atoms with E-state index in [-0.39, 0.29) is 43.0 Å². The van der Waals surface area contributed by atoms with Gasteiger partial charge in [0.15, 0.2) is 17.2 Å². The molecule has 2 aliphatic carbocycles. The van der Waals surface area contributed by atoms with E-state index >= 15 is 0 Å². The molecule has 48 heavy (non-hydrogen) atoms. The van der Waals surface area contributed by atoms with Gasteiger partial charge in [0, 0.05) is 38.7 Å². The number of oxime groups is 1.